The molecular weight excluding hydrogens is 278 g/mol. The van der Waals surface area contributed by atoms with Crippen LogP contribution in [0, 0.1) is 10.1 Å². The van der Waals surface area contributed by atoms with Crippen LogP contribution in [-0.4, -0.2) is 58.3 Å². The zero-order chi connectivity index (χ0) is 15.6. The fourth-order valence-electron chi connectivity index (χ4n) is 2.15. The van der Waals surface area contributed by atoms with Crippen LogP contribution in [0.5, 0.6) is 5.75 Å². The predicted molar refractivity (Wildman–Crippen MR) is 72.9 cm³/mol. The van der Waals surface area contributed by atoms with Crippen molar-refractivity contribution in [3.63, 3.8) is 0 Å². The number of benzene rings is 1. The van der Waals surface area contributed by atoms with Crippen LogP contribution in [0.15, 0.2) is 18.2 Å². The molecule has 8 nitrogen and oxygen atoms in total. The van der Waals surface area contributed by atoms with Gasteiger partial charge >= 0.3 is 5.69 Å². The molecule has 0 bridgehead atoms. The number of hydrogen-bond acceptors (Lipinski definition) is 5. The van der Waals surface area contributed by atoms with Crippen LogP contribution >= 0.6 is 0 Å². The summed E-state index contributed by atoms with van der Waals surface area (Å²) in [6.07, 6.45) is 0.660. The molecule has 1 fully saturated rings. The molecule has 1 N–H and O–H groups in total. The summed E-state index contributed by atoms with van der Waals surface area (Å²) in [5.41, 5.74) is -0.339. The molecule has 0 unspecified atom stereocenters. The molecule has 1 saturated heterocycles. The molecular formula is C13H15N3O5. The van der Waals surface area contributed by atoms with Crippen molar-refractivity contribution in [2.45, 2.75) is 6.42 Å². The molecule has 8 heteroatoms. The second-order valence-corrected chi connectivity index (χ2v) is 4.86. The summed E-state index contributed by atoms with van der Waals surface area (Å²) in [6.45, 7) is 0.966. The molecule has 1 aliphatic heterocycles. The Labute approximate surface area is 120 Å². The van der Waals surface area contributed by atoms with Gasteiger partial charge in [-0.25, -0.2) is 0 Å². The van der Waals surface area contributed by atoms with Crippen molar-refractivity contribution in [2.75, 3.05) is 26.7 Å². The van der Waals surface area contributed by atoms with E-state index in [0.717, 1.165) is 12.1 Å². The van der Waals surface area contributed by atoms with E-state index in [-0.39, 0.29) is 18.0 Å². The van der Waals surface area contributed by atoms with Gasteiger partial charge in [0.2, 0.25) is 5.91 Å². The van der Waals surface area contributed by atoms with Crippen molar-refractivity contribution in [1.82, 2.24) is 9.80 Å². The van der Waals surface area contributed by atoms with Gasteiger partial charge in [-0.05, 0) is 18.6 Å². The van der Waals surface area contributed by atoms with Crippen LogP contribution in [-0.2, 0) is 4.79 Å². The zero-order valence-electron chi connectivity index (χ0n) is 11.5. The normalized spacial score (nSPS) is 15.8. The van der Waals surface area contributed by atoms with Gasteiger partial charge in [0.25, 0.3) is 5.91 Å². The van der Waals surface area contributed by atoms with E-state index >= 15 is 0 Å². The molecule has 1 aromatic rings. The summed E-state index contributed by atoms with van der Waals surface area (Å²) in [7, 11) is 1.67. The maximum atomic E-state index is 12.3. The topological polar surface area (TPSA) is 104 Å². The smallest absolute Gasteiger partial charge is 0.310 e. The Morgan fingerprint density at radius 1 is 1.38 bits per heavy atom. The van der Waals surface area contributed by atoms with E-state index in [0.29, 0.717) is 19.5 Å². The van der Waals surface area contributed by atoms with Crippen LogP contribution in [0.25, 0.3) is 0 Å². The molecule has 112 valence electrons. The third kappa shape index (κ3) is 3.10. The number of carbonyl (C=O) groups excluding carboxylic acids is 2. The maximum absolute atomic E-state index is 12.3. The second kappa shape index (κ2) is 5.78. The first-order chi connectivity index (χ1) is 9.90. The fourth-order valence-corrected chi connectivity index (χ4v) is 2.15. The number of hydrogen-bond donors (Lipinski definition) is 1. The van der Waals surface area contributed by atoms with Crippen molar-refractivity contribution in [1.29, 1.82) is 0 Å². The number of nitro groups is 1. The highest BCUT2D eigenvalue weighted by Crippen LogP contribution is 2.26. The van der Waals surface area contributed by atoms with Crippen LogP contribution in [0.1, 0.15) is 16.8 Å². The number of nitro benzene ring substituents is 1. The molecule has 0 aliphatic carbocycles. The van der Waals surface area contributed by atoms with E-state index in [9.17, 15) is 24.8 Å². The van der Waals surface area contributed by atoms with Gasteiger partial charge < -0.3 is 14.9 Å². The maximum Gasteiger partial charge on any atom is 0.310 e. The summed E-state index contributed by atoms with van der Waals surface area (Å²) < 4.78 is 0. The number of phenolic OH excluding ortho intramolecular Hbond substituents is 1. The standard InChI is InChI=1S/C13H15N3O5/c1-14-5-2-6-15(8-12(14)18)13(19)9-3-4-10(16(20)21)11(17)7-9/h3-4,7,17H,2,5-6,8H2,1H3. The number of aromatic hydroxyl groups is 1. The van der Waals surface area contributed by atoms with Gasteiger partial charge in [-0.1, -0.05) is 0 Å². The molecule has 2 rings (SSSR count). The largest absolute Gasteiger partial charge is 0.502 e. The summed E-state index contributed by atoms with van der Waals surface area (Å²) in [6, 6.07) is 3.41. The van der Waals surface area contributed by atoms with Crippen molar-refractivity contribution in [2.24, 2.45) is 0 Å². The third-order valence-corrected chi connectivity index (χ3v) is 3.38. The zero-order valence-corrected chi connectivity index (χ0v) is 11.5. The van der Waals surface area contributed by atoms with Gasteiger partial charge in [-0.3, -0.25) is 19.7 Å². The van der Waals surface area contributed by atoms with Gasteiger partial charge in [0.15, 0.2) is 5.75 Å². The summed E-state index contributed by atoms with van der Waals surface area (Å²) in [5.74, 6) is -1.15. The Bertz CT molecular complexity index is 601. The van der Waals surface area contributed by atoms with Gasteiger partial charge in [0.1, 0.15) is 6.54 Å². The van der Waals surface area contributed by atoms with Crippen molar-refractivity contribution in [3.8, 4) is 5.75 Å². The highest BCUT2D eigenvalue weighted by atomic mass is 16.6. The summed E-state index contributed by atoms with van der Waals surface area (Å²) >= 11 is 0. The third-order valence-electron chi connectivity index (χ3n) is 3.38. The SMILES string of the molecule is CN1CCCN(C(=O)c2ccc([N+](=O)[O-])c(O)c2)CC1=O. The average molecular weight is 293 g/mol. The van der Waals surface area contributed by atoms with Gasteiger partial charge in [-0.15, -0.1) is 0 Å². The number of amides is 2. The minimum Gasteiger partial charge on any atom is -0.502 e. The van der Waals surface area contributed by atoms with Crippen LogP contribution in [0.2, 0.25) is 0 Å². The number of rotatable bonds is 2. The Morgan fingerprint density at radius 3 is 2.71 bits per heavy atom. The number of likely N-dealkylation sites (N-methyl/N-ethyl adjacent to an activating group) is 1. The minimum atomic E-state index is -0.728. The van der Waals surface area contributed by atoms with E-state index in [1.165, 1.54) is 11.0 Å². The molecule has 0 aromatic heterocycles. The van der Waals surface area contributed by atoms with Crippen molar-refractivity contribution < 1.29 is 19.6 Å². The van der Waals surface area contributed by atoms with Gasteiger partial charge in [-0.2, -0.15) is 0 Å². The molecule has 0 spiro atoms. The quantitative estimate of drug-likeness (QED) is 0.635. The molecule has 0 radical (unpaired) electrons. The summed E-state index contributed by atoms with van der Waals surface area (Å²) in [4.78, 5) is 36.9. The Balaban J connectivity index is 2.21. The van der Waals surface area contributed by atoms with E-state index < -0.39 is 22.3 Å². The van der Waals surface area contributed by atoms with E-state index in [4.69, 9.17) is 0 Å². The highest BCUT2D eigenvalue weighted by Gasteiger charge is 2.25. The first-order valence-electron chi connectivity index (χ1n) is 6.41. The highest BCUT2D eigenvalue weighted by molar-refractivity contribution is 5.97. The van der Waals surface area contributed by atoms with Crippen LogP contribution < -0.4 is 0 Å². The fraction of sp³-hybridized carbons (Fsp3) is 0.385. The van der Waals surface area contributed by atoms with Gasteiger partial charge in [0, 0.05) is 31.8 Å². The van der Waals surface area contributed by atoms with Crippen molar-refractivity contribution >= 4 is 17.5 Å². The van der Waals surface area contributed by atoms with E-state index in [2.05, 4.69) is 0 Å². The predicted octanol–water partition coefficient (Wildman–Crippen LogP) is 0.605. The molecule has 2 amide bonds. The molecule has 0 saturated carbocycles. The second-order valence-electron chi connectivity index (χ2n) is 4.86. The lowest BCUT2D eigenvalue weighted by atomic mass is 10.1. The Hall–Kier alpha value is -2.64. The Morgan fingerprint density at radius 2 is 2.10 bits per heavy atom. The lowest BCUT2D eigenvalue weighted by Gasteiger charge is -2.19. The summed E-state index contributed by atoms with van der Waals surface area (Å²) in [5, 5.41) is 20.2. The lowest BCUT2D eigenvalue weighted by molar-refractivity contribution is -0.385. The minimum absolute atomic E-state index is 0.0346. The number of carbonyl (C=O) groups is 2. The van der Waals surface area contributed by atoms with Gasteiger partial charge in [0.05, 0.1) is 4.92 Å². The monoisotopic (exact) mass is 293 g/mol. The Kier molecular flexibility index (Phi) is 4.06. The number of phenols is 1. The molecule has 1 heterocycles. The first kappa shape index (κ1) is 14.8. The molecule has 1 aliphatic rings. The van der Waals surface area contributed by atoms with E-state index in [1.807, 2.05) is 0 Å². The lowest BCUT2D eigenvalue weighted by Crippen LogP contribution is -2.38. The van der Waals surface area contributed by atoms with Crippen molar-refractivity contribution in [3.05, 3.63) is 33.9 Å². The average Bonchev–Trinajstić information content (AvgIpc) is 2.60. The molecule has 21 heavy (non-hydrogen) atoms. The van der Waals surface area contributed by atoms with Crippen LogP contribution in [0.4, 0.5) is 5.69 Å². The molecule has 1 aromatic carbocycles. The first-order valence-corrected chi connectivity index (χ1v) is 6.41. The van der Waals surface area contributed by atoms with E-state index in [1.54, 1.807) is 11.9 Å². The number of nitrogens with zero attached hydrogens (tertiary/aromatic N) is 3. The molecule has 0 atom stereocenters. The van der Waals surface area contributed by atoms with Crippen LogP contribution in [0.3, 0.4) is 0 Å².